The fourth-order valence-electron chi connectivity index (χ4n) is 4.55. The van der Waals surface area contributed by atoms with Gasteiger partial charge in [0.1, 0.15) is 0 Å². The monoisotopic (exact) mass is 594 g/mol. The number of carboxylic acids is 1. The van der Waals surface area contributed by atoms with Crippen LogP contribution in [0.4, 0.5) is 5.69 Å². The number of sulfonamides is 1. The summed E-state index contributed by atoms with van der Waals surface area (Å²) in [7, 11) is 0.820. The molecule has 12 heteroatoms. The first-order valence-electron chi connectivity index (χ1n) is 13.2. The molecule has 1 aromatic heterocycles. The molecule has 11 nitrogen and oxygen atoms in total. The van der Waals surface area contributed by atoms with Crippen LogP contribution in [-0.4, -0.2) is 89.8 Å². The van der Waals surface area contributed by atoms with E-state index in [2.05, 4.69) is 0 Å². The summed E-state index contributed by atoms with van der Waals surface area (Å²) in [5.74, 6) is -1.15. The zero-order valence-corrected chi connectivity index (χ0v) is 24.7. The average Bonchev–Trinajstić information content (AvgIpc) is 3.20. The minimum absolute atomic E-state index is 0.00311. The molecule has 0 fully saturated rings. The van der Waals surface area contributed by atoms with Gasteiger partial charge in [0.15, 0.2) is 0 Å². The zero-order valence-electron chi connectivity index (χ0n) is 23.9. The third kappa shape index (κ3) is 6.37. The van der Waals surface area contributed by atoms with Gasteiger partial charge in [-0.1, -0.05) is 34.8 Å². The Morgan fingerprint density at radius 1 is 1.02 bits per heavy atom. The quantitative estimate of drug-likeness (QED) is 0.167. The Balaban J connectivity index is 1.72. The van der Waals surface area contributed by atoms with Crippen LogP contribution in [-0.2, 0) is 21.9 Å². The standard InChI is InChI=1S/C30H34N4O7S/c1-20-18-25-26(19-24(20)30(37)38)33(3)29(36)27(25)28(21-8-6-5-7-9-21)31-22-10-12-23(13-11-22)42(39,40)34(4)41-17-15-32(2)14-16-35/h5-13,18-19,35-36H,14-17H2,1-4H3,(H,37,38). The van der Waals surface area contributed by atoms with Crippen LogP contribution in [0.5, 0.6) is 5.88 Å². The number of aromatic carboxylic acids is 1. The SMILES string of the molecule is Cc1cc2c(C(=Nc3ccc(S(=O)(=O)N(C)OCCN(C)CCO)cc3)c3ccccc3)c(O)n(C)c2cc1C(=O)O. The van der Waals surface area contributed by atoms with Gasteiger partial charge in [-0.25, -0.2) is 18.2 Å². The van der Waals surface area contributed by atoms with Crippen molar-refractivity contribution in [3.63, 3.8) is 0 Å². The van der Waals surface area contributed by atoms with Gasteiger partial charge in [-0.15, -0.1) is 0 Å². The maximum Gasteiger partial charge on any atom is 0.336 e. The molecule has 0 bridgehead atoms. The largest absolute Gasteiger partial charge is 0.494 e. The number of hydrogen-bond donors (Lipinski definition) is 3. The molecule has 0 aliphatic heterocycles. The predicted octanol–water partition coefficient (Wildman–Crippen LogP) is 3.54. The number of aliphatic hydroxyl groups excluding tert-OH is 1. The van der Waals surface area contributed by atoms with Crippen molar-refractivity contribution in [1.29, 1.82) is 0 Å². The molecule has 0 saturated carbocycles. The lowest BCUT2D eigenvalue weighted by Gasteiger charge is -2.19. The van der Waals surface area contributed by atoms with Crippen LogP contribution < -0.4 is 0 Å². The highest BCUT2D eigenvalue weighted by Crippen LogP contribution is 2.35. The Morgan fingerprint density at radius 2 is 1.69 bits per heavy atom. The van der Waals surface area contributed by atoms with Gasteiger partial charge < -0.3 is 24.8 Å². The van der Waals surface area contributed by atoms with Crippen LogP contribution in [0.15, 0.2) is 76.6 Å². The van der Waals surface area contributed by atoms with E-state index in [1.165, 1.54) is 29.8 Å². The molecule has 4 aromatic rings. The summed E-state index contributed by atoms with van der Waals surface area (Å²) in [6.45, 7) is 2.71. The lowest BCUT2D eigenvalue weighted by molar-refractivity contribution is -0.0705. The number of aromatic hydroxyl groups is 1. The predicted molar refractivity (Wildman–Crippen MR) is 160 cm³/mol. The molecule has 0 amide bonds. The van der Waals surface area contributed by atoms with Crippen molar-refractivity contribution in [2.45, 2.75) is 11.8 Å². The third-order valence-electron chi connectivity index (χ3n) is 6.97. The number of carbonyl (C=O) groups is 1. The summed E-state index contributed by atoms with van der Waals surface area (Å²) in [4.78, 5) is 23.8. The van der Waals surface area contributed by atoms with Crippen molar-refractivity contribution in [2.75, 3.05) is 40.4 Å². The molecule has 0 aliphatic carbocycles. The highest BCUT2D eigenvalue weighted by atomic mass is 32.2. The van der Waals surface area contributed by atoms with E-state index in [0.29, 0.717) is 52.1 Å². The van der Waals surface area contributed by atoms with Crippen molar-refractivity contribution < 1.29 is 33.4 Å². The van der Waals surface area contributed by atoms with E-state index in [1.807, 2.05) is 35.2 Å². The number of nitrogens with zero attached hydrogens (tertiary/aromatic N) is 4. The molecular weight excluding hydrogens is 560 g/mol. The van der Waals surface area contributed by atoms with Crippen LogP contribution in [0.25, 0.3) is 10.9 Å². The summed E-state index contributed by atoms with van der Waals surface area (Å²) >= 11 is 0. The highest BCUT2D eigenvalue weighted by Gasteiger charge is 2.24. The molecule has 222 valence electrons. The van der Waals surface area contributed by atoms with Crippen LogP contribution in [0, 0.1) is 6.92 Å². The van der Waals surface area contributed by atoms with Gasteiger partial charge in [0.2, 0.25) is 5.88 Å². The lowest BCUT2D eigenvalue weighted by atomic mass is 9.98. The molecule has 0 spiro atoms. The molecule has 0 radical (unpaired) electrons. The van der Waals surface area contributed by atoms with Gasteiger partial charge >= 0.3 is 5.97 Å². The maximum atomic E-state index is 13.0. The number of carboxylic acid groups (broad SMARTS) is 1. The minimum atomic E-state index is -3.94. The van der Waals surface area contributed by atoms with Crippen molar-refractivity contribution in [3.05, 3.63) is 89.0 Å². The Kier molecular flexibility index (Phi) is 9.44. The molecule has 0 atom stereocenters. The van der Waals surface area contributed by atoms with E-state index in [9.17, 15) is 23.4 Å². The second kappa shape index (κ2) is 12.8. The first kappa shape index (κ1) is 30.9. The Hall–Kier alpha value is -4.07. The van der Waals surface area contributed by atoms with Gasteiger partial charge in [-0.2, -0.15) is 0 Å². The van der Waals surface area contributed by atoms with Crippen molar-refractivity contribution in [2.24, 2.45) is 12.0 Å². The Morgan fingerprint density at radius 3 is 2.31 bits per heavy atom. The normalized spacial score (nSPS) is 12.5. The maximum absolute atomic E-state index is 13.0. The molecule has 42 heavy (non-hydrogen) atoms. The summed E-state index contributed by atoms with van der Waals surface area (Å²) in [5.41, 5.74) is 3.21. The van der Waals surface area contributed by atoms with E-state index < -0.39 is 16.0 Å². The van der Waals surface area contributed by atoms with Gasteiger partial charge in [0.05, 0.1) is 46.2 Å². The lowest BCUT2D eigenvalue weighted by Crippen LogP contribution is -2.32. The fourth-order valence-corrected chi connectivity index (χ4v) is 5.54. The van der Waals surface area contributed by atoms with Crippen LogP contribution in [0.2, 0.25) is 0 Å². The van der Waals surface area contributed by atoms with E-state index in [-0.39, 0.29) is 29.6 Å². The van der Waals surface area contributed by atoms with Crippen molar-refractivity contribution in [3.8, 4) is 5.88 Å². The number of aliphatic hydroxyl groups is 1. The molecule has 0 unspecified atom stereocenters. The molecule has 4 rings (SSSR count). The topological polar surface area (TPSA) is 145 Å². The summed E-state index contributed by atoms with van der Waals surface area (Å²) in [5, 5.41) is 30.5. The smallest absolute Gasteiger partial charge is 0.336 e. The van der Waals surface area contributed by atoms with E-state index in [4.69, 9.17) is 14.9 Å². The average molecular weight is 595 g/mol. The molecule has 0 saturated heterocycles. The van der Waals surface area contributed by atoms with Crippen LogP contribution in [0.3, 0.4) is 0 Å². The van der Waals surface area contributed by atoms with Crippen LogP contribution >= 0.6 is 0 Å². The number of hydrogen-bond acceptors (Lipinski definition) is 8. The number of benzene rings is 3. The number of aliphatic imine (C=N–C) groups is 1. The molecule has 3 N–H and O–H groups in total. The van der Waals surface area contributed by atoms with Crippen molar-refractivity contribution >= 4 is 38.3 Å². The minimum Gasteiger partial charge on any atom is -0.494 e. The zero-order chi connectivity index (χ0) is 30.6. The molecule has 0 aliphatic rings. The van der Waals surface area contributed by atoms with Gasteiger partial charge in [-0.3, -0.25) is 4.84 Å². The second-order valence-corrected chi connectivity index (χ2v) is 11.8. The number of aromatic nitrogens is 1. The second-order valence-electron chi connectivity index (χ2n) is 9.84. The van der Waals surface area contributed by atoms with Gasteiger partial charge in [0, 0.05) is 38.1 Å². The summed E-state index contributed by atoms with van der Waals surface area (Å²) in [6.07, 6.45) is 0. The summed E-state index contributed by atoms with van der Waals surface area (Å²) in [6, 6.07) is 18.5. The molecular formula is C30H34N4O7S. The van der Waals surface area contributed by atoms with Crippen molar-refractivity contribution in [1.82, 2.24) is 13.9 Å². The van der Waals surface area contributed by atoms with E-state index in [1.54, 1.807) is 39.2 Å². The first-order valence-corrected chi connectivity index (χ1v) is 14.6. The number of hydroxylamine groups is 1. The molecule has 3 aromatic carbocycles. The van der Waals surface area contributed by atoms with E-state index >= 15 is 0 Å². The summed E-state index contributed by atoms with van der Waals surface area (Å²) < 4.78 is 28.4. The van der Waals surface area contributed by atoms with E-state index in [0.717, 1.165) is 4.47 Å². The number of fused-ring (bicyclic) bond motifs is 1. The van der Waals surface area contributed by atoms with Gasteiger partial charge in [-0.05, 0) is 55.9 Å². The van der Waals surface area contributed by atoms with Gasteiger partial charge in [0.25, 0.3) is 10.0 Å². The number of rotatable bonds is 12. The third-order valence-corrected chi connectivity index (χ3v) is 8.62. The highest BCUT2D eigenvalue weighted by molar-refractivity contribution is 7.89. The Bertz CT molecular complexity index is 1720. The number of aryl methyl sites for hydroxylation is 2. The van der Waals surface area contributed by atoms with Crippen LogP contribution in [0.1, 0.15) is 27.0 Å². The fraction of sp³-hybridized carbons (Fsp3) is 0.267. The first-order chi connectivity index (χ1) is 19.9. The molecule has 1 heterocycles. The number of likely N-dealkylation sites (N-methyl/N-ethyl adjacent to an activating group) is 1. The Labute approximate surface area is 244 Å².